The first-order valence-electron chi connectivity index (χ1n) is 6.71. The molecular formula is C13H27N3S. The van der Waals surface area contributed by atoms with Crippen LogP contribution in [0.3, 0.4) is 0 Å². The second-order valence-electron chi connectivity index (χ2n) is 5.44. The minimum atomic E-state index is 0.369. The zero-order valence-electron chi connectivity index (χ0n) is 11.8. The number of aliphatic imine (C=N–C) groups is 1. The van der Waals surface area contributed by atoms with E-state index in [2.05, 4.69) is 42.9 Å². The second-order valence-corrected chi connectivity index (χ2v) is 6.40. The summed E-state index contributed by atoms with van der Waals surface area (Å²) in [5, 5.41) is 4.59. The van der Waals surface area contributed by atoms with Crippen LogP contribution in [-0.4, -0.2) is 48.5 Å². The van der Waals surface area contributed by atoms with Gasteiger partial charge in [-0.15, -0.1) is 0 Å². The molecule has 0 saturated carbocycles. The third kappa shape index (κ3) is 5.77. The summed E-state index contributed by atoms with van der Waals surface area (Å²) in [4.78, 5) is 7.08. The number of amidine groups is 1. The lowest BCUT2D eigenvalue weighted by Gasteiger charge is -2.28. The lowest BCUT2D eigenvalue weighted by Crippen LogP contribution is -2.37. The minimum absolute atomic E-state index is 0.369. The molecule has 0 aromatic heterocycles. The Morgan fingerprint density at radius 1 is 1.35 bits per heavy atom. The first-order chi connectivity index (χ1) is 8.07. The molecule has 0 radical (unpaired) electrons. The van der Waals surface area contributed by atoms with Crippen molar-refractivity contribution in [2.45, 2.75) is 34.1 Å². The van der Waals surface area contributed by atoms with Gasteiger partial charge in [-0.2, -0.15) is 0 Å². The van der Waals surface area contributed by atoms with Crippen molar-refractivity contribution in [1.29, 1.82) is 0 Å². The second kappa shape index (κ2) is 7.27. The molecule has 0 aliphatic carbocycles. The Kier molecular flexibility index (Phi) is 6.34. The SMILES string of the molecule is CCCN(CC)CCNC1=NCC(C)(C)CS1. The Morgan fingerprint density at radius 3 is 2.65 bits per heavy atom. The van der Waals surface area contributed by atoms with Gasteiger partial charge in [0.05, 0.1) is 0 Å². The molecule has 1 aliphatic rings. The third-order valence-corrected chi connectivity index (χ3v) is 4.41. The molecule has 0 fully saturated rings. The summed E-state index contributed by atoms with van der Waals surface area (Å²) in [7, 11) is 0. The molecule has 0 bridgehead atoms. The molecule has 0 amide bonds. The number of nitrogens with zero attached hydrogens (tertiary/aromatic N) is 2. The van der Waals surface area contributed by atoms with Gasteiger partial charge in [0.2, 0.25) is 0 Å². The molecule has 1 rings (SSSR count). The number of nitrogens with one attached hydrogen (secondary N) is 1. The molecule has 17 heavy (non-hydrogen) atoms. The van der Waals surface area contributed by atoms with Gasteiger partial charge < -0.3 is 10.2 Å². The molecule has 0 atom stereocenters. The van der Waals surface area contributed by atoms with Crippen LogP contribution in [0.2, 0.25) is 0 Å². The van der Waals surface area contributed by atoms with Crippen LogP contribution in [0, 0.1) is 5.41 Å². The van der Waals surface area contributed by atoms with Gasteiger partial charge >= 0.3 is 0 Å². The van der Waals surface area contributed by atoms with Gasteiger partial charge in [-0.3, -0.25) is 4.99 Å². The van der Waals surface area contributed by atoms with Crippen molar-refractivity contribution in [2.24, 2.45) is 10.4 Å². The van der Waals surface area contributed by atoms with E-state index in [4.69, 9.17) is 0 Å². The van der Waals surface area contributed by atoms with Crippen LogP contribution in [-0.2, 0) is 0 Å². The van der Waals surface area contributed by atoms with Crippen LogP contribution in [0.15, 0.2) is 4.99 Å². The first kappa shape index (κ1) is 14.8. The van der Waals surface area contributed by atoms with Crippen molar-refractivity contribution in [3.8, 4) is 0 Å². The summed E-state index contributed by atoms with van der Waals surface area (Å²) in [5.41, 5.74) is 0.369. The highest BCUT2D eigenvalue weighted by Crippen LogP contribution is 2.26. The lowest BCUT2D eigenvalue weighted by molar-refractivity contribution is 0.293. The lowest BCUT2D eigenvalue weighted by atomic mass is 9.97. The van der Waals surface area contributed by atoms with E-state index in [-0.39, 0.29) is 0 Å². The van der Waals surface area contributed by atoms with Gasteiger partial charge in [-0.25, -0.2) is 0 Å². The quantitative estimate of drug-likeness (QED) is 0.792. The number of thioether (sulfide) groups is 1. The van der Waals surface area contributed by atoms with Crippen molar-refractivity contribution in [1.82, 2.24) is 10.2 Å². The molecule has 4 heteroatoms. The number of likely N-dealkylation sites (N-methyl/N-ethyl adjacent to an activating group) is 1. The highest BCUT2D eigenvalue weighted by Gasteiger charge is 2.23. The molecule has 0 aromatic carbocycles. The summed E-state index contributed by atoms with van der Waals surface area (Å²) >= 11 is 1.86. The van der Waals surface area contributed by atoms with Crippen molar-refractivity contribution >= 4 is 16.9 Å². The normalized spacial score (nSPS) is 19.2. The van der Waals surface area contributed by atoms with Crippen molar-refractivity contribution < 1.29 is 0 Å². The van der Waals surface area contributed by atoms with Crippen molar-refractivity contribution in [2.75, 3.05) is 38.5 Å². The summed E-state index contributed by atoms with van der Waals surface area (Å²) in [5.74, 6) is 1.17. The maximum Gasteiger partial charge on any atom is 0.156 e. The molecule has 1 N–H and O–H groups in total. The van der Waals surface area contributed by atoms with E-state index in [1.165, 1.54) is 18.7 Å². The highest BCUT2D eigenvalue weighted by molar-refractivity contribution is 8.13. The molecular weight excluding hydrogens is 230 g/mol. The van der Waals surface area contributed by atoms with Crippen LogP contribution in [0.4, 0.5) is 0 Å². The van der Waals surface area contributed by atoms with E-state index in [9.17, 15) is 0 Å². The Hall–Kier alpha value is -0.220. The smallest absolute Gasteiger partial charge is 0.156 e. The standard InChI is InChI=1S/C13H27N3S/c1-5-8-16(6-2)9-7-14-12-15-10-13(3,4)11-17-12/h5-11H2,1-4H3,(H,14,15). The van der Waals surface area contributed by atoms with Gasteiger partial charge in [0.1, 0.15) is 0 Å². The Labute approximate surface area is 110 Å². The molecule has 0 aromatic rings. The fourth-order valence-corrected chi connectivity index (χ4v) is 2.79. The summed E-state index contributed by atoms with van der Waals surface area (Å²) in [6, 6.07) is 0. The monoisotopic (exact) mass is 257 g/mol. The molecule has 1 heterocycles. The largest absolute Gasteiger partial charge is 0.364 e. The van der Waals surface area contributed by atoms with Crippen LogP contribution >= 0.6 is 11.8 Å². The van der Waals surface area contributed by atoms with E-state index in [1.807, 2.05) is 11.8 Å². The van der Waals surface area contributed by atoms with Gasteiger partial charge in [-0.1, -0.05) is 39.5 Å². The Morgan fingerprint density at radius 2 is 2.12 bits per heavy atom. The first-order valence-corrected chi connectivity index (χ1v) is 7.69. The van der Waals surface area contributed by atoms with E-state index in [0.717, 1.165) is 31.3 Å². The number of hydrogen-bond donors (Lipinski definition) is 1. The maximum absolute atomic E-state index is 4.60. The average molecular weight is 257 g/mol. The van der Waals surface area contributed by atoms with E-state index < -0.39 is 0 Å². The van der Waals surface area contributed by atoms with Crippen LogP contribution in [0.5, 0.6) is 0 Å². The highest BCUT2D eigenvalue weighted by atomic mass is 32.2. The number of hydrogen-bond acceptors (Lipinski definition) is 4. The molecule has 100 valence electrons. The summed E-state index contributed by atoms with van der Waals surface area (Å²) in [6.07, 6.45) is 1.23. The average Bonchev–Trinajstić information content (AvgIpc) is 2.30. The van der Waals surface area contributed by atoms with Gasteiger partial charge in [-0.05, 0) is 24.9 Å². The van der Waals surface area contributed by atoms with Gasteiger partial charge in [0.15, 0.2) is 5.17 Å². The topological polar surface area (TPSA) is 27.6 Å². The molecule has 0 saturated heterocycles. The summed E-state index contributed by atoms with van der Waals surface area (Å²) < 4.78 is 0. The van der Waals surface area contributed by atoms with Gasteiger partial charge in [0.25, 0.3) is 0 Å². The van der Waals surface area contributed by atoms with Crippen LogP contribution < -0.4 is 5.32 Å². The van der Waals surface area contributed by atoms with Crippen LogP contribution in [0.25, 0.3) is 0 Å². The van der Waals surface area contributed by atoms with Crippen LogP contribution in [0.1, 0.15) is 34.1 Å². The van der Waals surface area contributed by atoms with E-state index >= 15 is 0 Å². The predicted octanol–water partition coefficient (Wildman–Crippen LogP) is 2.44. The van der Waals surface area contributed by atoms with E-state index in [0.29, 0.717) is 5.41 Å². The maximum atomic E-state index is 4.60. The molecule has 3 nitrogen and oxygen atoms in total. The van der Waals surface area contributed by atoms with E-state index in [1.54, 1.807) is 0 Å². The zero-order valence-corrected chi connectivity index (χ0v) is 12.6. The van der Waals surface area contributed by atoms with Crippen molar-refractivity contribution in [3.63, 3.8) is 0 Å². The van der Waals surface area contributed by atoms with Crippen molar-refractivity contribution in [3.05, 3.63) is 0 Å². The minimum Gasteiger partial charge on any atom is -0.364 e. The number of rotatable bonds is 6. The predicted molar refractivity (Wildman–Crippen MR) is 78.9 cm³/mol. The fourth-order valence-electron chi connectivity index (χ4n) is 1.81. The van der Waals surface area contributed by atoms with Gasteiger partial charge in [0, 0.05) is 25.4 Å². The zero-order chi connectivity index (χ0) is 12.7. The molecule has 0 spiro atoms. The third-order valence-electron chi connectivity index (χ3n) is 2.94. The molecule has 0 unspecified atom stereocenters. The Bertz CT molecular complexity index is 251. The Balaban J connectivity index is 2.21. The summed E-state index contributed by atoms with van der Waals surface area (Å²) in [6.45, 7) is 14.4. The fraction of sp³-hybridized carbons (Fsp3) is 0.923. The molecule has 1 aliphatic heterocycles.